The molecule has 0 aromatic heterocycles. The molecule has 2 rings (SSSR count). The van der Waals surface area contributed by atoms with E-state index in [0.29, 0.717) is 34.7 Å². The number of benzene rings is 1. The van der Waals surface area contributed by atoms with Gasteiger partial charge in [0.25, 0.3) is 5.91 Å². The van der Waals surface area contributed by atoms with Crippen LogP contribution in [0.25, 0.3) is 0 Å². The Labute approximate surface area is 135 Å². The van der Waals surface area contributed by atoms with E-state index in [1.54, 1.807) is 19.1 Å². The third kappa shape index (κ3) is 3.69. The molecule has 0 bridgehead atoms. The van der Waals surface area contributed by atoms with E-state index in [1.807, 2.05) is 0 Å². The first-order valence-electron chi connectivity index (χ1n) is 6.98. The molecule has 0 aliphatic carbocycles. The molecule has 0 spiro atoms. The van der Waals surface area contributed by atoms with Gasteiger partial charge in [0.1, 0.15) is 0 Å². The van der Waals surface area contributed by atoms with Crippen LogP contribution in [0.3, 0.4) is 0 Å². The summed E-state index contributed by atoms with van der Waals surface area (Å²) >= 11 is 12.1. The SMILES string of the molecule is Cc1c(Cl)cc(C(=O)N[C@@H]2CN(C(C)C)C[C@H]2O)cc1Cl. The Morgan fingerprint density at radius 2 is 1.90 bits per heavy atom. The molecule has 2 N–H and O–H groups in total. The molecule has 0 unspecified atom stereocenters. The van der Waals surface area contributed by atoms with Crippen LogP contribution in [0.2, 0.25) is 10.0 Å². The van der Waals surface area contributed by atoms with Gasteiger partial charge >= 0.3 is 0 Å². The highest BCUT2D eigenvalue weighted by atomic mass is 35.5. The number of β-amino-alcohol motifs (C(OH)–C–C–N with tert-alkyl or cyclic N) is 1. The summed E-state index contributed by atoms with van der Waals surface area (Å²) in [7, 11) is 0. The molecule has 6 heteroatoms. The van der Waals surface area contributed by atoms with Crippen LogP contribution in [0.5, 0.6) is 0 Å². The van der Waals surface area contributed by atoms with Crippen LogP contribution < -0.4 is 5.32 Å². The smallest absolute Gasteiger partial charge is 0.251 e. The lowest BCUT2D eigenvalue weighted by molar-refractivity contribution is 0.0888. The van der Waals surface area contributed by atoms with Crippen molar-refractivity contribution >= 4 is 29.1 Å². The Hall–Kier alpha value is -0.810. The average molecular weight is 331 g/mol. The number of aliphatic hydroxyl groups excluding tert-OH is 1. The van der Waals surface area contributed by atoms with Gasteiger partial charge in [0, 0.05) is 34.7 Å². The summed E-state index contributed by atoms with van der Waals surface area (Å²) in [6.07, 6.45) is -0.562. The monoisotopic (exact) mass is 330 g/mol. The molecule has 1 aliphatic rings. The second-order valence-electron chi connectivity index (χ2n) is 5.76. The van der Waals surface area contributed by atoms with E-state index in [9.17, 15) is 9.90 Å². The lowest BCUT2D eigenvalue weighted by Gasteiger charge is -2.20. The Kier molecular flexibility index (Phi) is 5.15. The van der Waals surface area contributed by atoms with Gasteiger partial charge in [-0.05, 0) is 38.5 Å². The number of halogens is 2. The molecule has 1 saturated heterocycles. The molecule has 1 amide bonds. The van der Waals surface area contributed by atoms with Crippen molar-refractivity contribution in [2.75, 3.05) is 13.1 Å². The number of amides is 1. The molecule has 2 atom stereocenters. The largest absolute Gasteiger partial charge is 0.390 e. The van der Waals surface area contributed by atoms with Gasteiger partial charge in [-0.2, -0.15) is 0 Å². The fourth-order valence-electron chi connectivity index (χ4n) is 2.41. The zero-order valence-corrected chi connectivity index (χ0v) is 13.9. The molecule has 1 aromatic rings. The summed E-state index contributed by atoms with van der Waals surface area (Å²) in [5.41, 5.74) is 1.16. The third-order valence-corrected chi connectivity index (χ3v) is 4.69. The van der Waals surface area contributed by atoms with Gasteiger partial charge in [0.05, 0.1) is 12.1 Å². The minimum absolute atomic E-state index is 0.270. The maximum Gasteiger partial charge on any atom is 0.251 e. The normalized spacial score (nSPS) is 22.8. The Balaban J connectivity index is 2.08. The summed E-state index contributed by atoms with van der Waals surface area (Å²) in [4.78, 5) is 14.4. The summed E-state index contributed by atoms with van der Waals surface area (Å²) < 4.78 is 0. The predicted molar refractivity (Wildman–Crippen MR) is 85.2 cm³/mol. The van der Waals surface area contributed by atoms with Gasteiger partial charge in [-0.3, -0.25) is 9.69 Å². The van der Waals surface area contributed by atoms with Gasteiger partial charge in [0.15, 0.2) is 0 Å². The lowest BCUT2D eigenvalue weighted by Crippen LogP contribution is -2.43. The number of nitrogens with zero attached hydrogens (tertiary/aromatic N) is 1. The van der Waals surface area contributed by atoms with Crippen LogP contribution in [0.1, 0.15) is 29.8 Å². The molecule has 21 heavy (non-hydrogen) atoms. The van der Waals surface area contributed by atoms with E-state index in [-0.39, 0.29) is 11.9 Å². The zero-order chi connectivity index (χ0) is 15.7. The lowest BCUT2D eigenvalue weighted by atomic mass is 10.1. The van der Waals surface area contributed by atoms with Crippen LogP contribution in [0.15, 0.2) is 12.1 Å². The summed E-state index contributed by atoms with van der Waals surface area (Å²) in [5, 5.41) is 13.8. The zero-order valence-electron chi connectivity index (χ0n) is 12.4. The van der Waals surface area contributed by atoms with Crippen molar-refractivity contribution in [3.05, 3.63) is 33.3 Å². The summed E-state index contributed by atoms with van der Waals surface area (Å²) in [6, 6.07) is 3.25. The van der Waals surface area contributed by atoms with E-state index in [4.69, 9.17) is 23.2 Å². The molecule has 116 valence electrons. The number of carbonyl (C=O) groups excluding carboxylic acids is 1. The topological polar surface area (TPSA) is 52.6 Å². The molecule has 1 heterocycles. The van der Waals surface area contributed by atoms with Gasteiger partial charge in [-0.25, -0.2) is 0 Å². The molecular weight excluding hydrogens is 311 g/mol. The minimum Gasteiger partial charge on any atom is -0.390 e. The van der Waals surface area contributed by atoms with Crippen molar-refractivity contribution in [3.8, 4) is 0 Å². The third-order valence-electron chi connectivity index (χ3n) is 3.91. The Morgan fingerprint density at radius 1 is 1.33 bits per heavy atom. The average Bonchev–Trinajstić information content (AvgIpc) is 2.77. The fraction of sp³-hybridized carbons (Fsp3) is 0.533. The number of likely N-dealkylation sites (tertiary alicyclic amines) is 1. The van der Waals surface area contributed by atoms with Crippen molar-refractivity contribution in [2.24, 2.45) is 0 Å². The van der Waals surface area contributed by atoms with Crippen LogP contribution in [-0.4, -0.2) is 47.2 Å². The maximum absolute atomic E-state index is 12.3. The highest BCUT2D eigenvalue weighted by Crippen LogP contribution is 2.25. The number of aliphatic hydroxyl groups is 1. The first-order chi connectivity index (χ1) is 9.79. The van der Waals surface area contributed by atoms with Crippen LogP contribution >= 0.6 is 23.2 Å². The van der Waals surface area contributed by atoms with E-state index in [0.717, 1.165) is 5.56 Å². The van der Waals surface area contributed by atoms with Crippen molar-refractivity contribution in [3.63, 3.8) is 0 Å². The number of hydrogen-bond donors (Lipinski definition) is 2. The molecule has 1 aliphatic heterocycles. The van der Waals surface area contributed by atoms with E-state index < -0.39 is 6.10 Å². The first-order valence-corrected chi connectivity index (χ1v) is 7.73. The summed E-state index contributed by atoms with van der Waals surface area (Å²) in [5.74, 6) is -0.270. The van der Waals surface area contributed by atoms with Crippen molar-refractivity contribution in [2.45, 2.75) is 39.0 Å². The fourth-order valence-corrected chi connectivity index (χ4v) is 2.90. The maximum atomic E-state index is 12.3. The van der Waals surface area contributed by atoms with Gasteiger partial charge < -0.3 is 10.4 Å². The van der Waals surface area contributed by atoms with Crippen LogP contribution in [0, 0.1) is 6.92 Å². The van der Waals surface area contributed by atoms with E-state index in [1.165, 1.54) is 0 Å². The van der Waals surface area contributed by atoms with Gasteiger partial charge in [-0.1, -0.05) is 23.2 Å². The number of hydrogen-bond acceptors (Lipinski definition) is 3. The summed E-state index contributed by atoms with van der Waals surface area (Å²) in [6.45, 7) is 7.14. The quantitative estimate of drug-likeness (QED) is 0.895. The van der Waals surface area contributed by atoms with Crippen molar-refractivity contribution in [1.29, 1.82) is 0 Å². The van der Waals surface area contributed by atoms with Crippen LogP contribution in [0.4, 0.5) is 0 Å². The number of rotatable bonds is 3. The standard InChI is InChI=1S/C15H20Cl2N2O2/c1-8(2)19-6-13(14(20)7-19)18-15(21)10-4-11(16)9(3)12(17)5-10/h4-5,8,13-14,20H,6-7H2,1-3H3,(H,18,21)/t13-,14-/m1/s1. The number of nitrogens with one attached hydrogen (secondary N) is 1. The van der Waals surface area contributed by atoms with Crippen LogP contribution in [-0.2, 0) is 0 Å². The van der Waals surface area contributed by atoms with Crippen molar-refractivity contribution in [1.82, 2.24) is 10.2 Å². The Morgan fingerprint density at radius 3 is 2.38 bits per heavy atom. The second-order valence-corrected chi connectivity index (χ2v) is 6.57. The molecular formula is C15H20Cl2N2O2. The Bertz CT molecular complexity index is 525. The first kappa shape index (κ1) is 16.6. The highest BCUT2D eigenvalue weighted by molar-refractivity contribution is 6.36. The van der Waals surface area contributed by atoms with Gasteiger partial charge in [0.2, 0.25) is 0 Å². The molecule has 0 saturated carbocycles. The molecule has 1 fully saturated rings. The van der Waals surface area contributed by atoms with Gasteiger partial charge in [-0.15, -0.1) is 0 Å². The van der Waals surface area contributed by atoms with E-state index >= 15 is 0 Å². The van der Waals surface area contributed by atoms with Crippen molar-refractivity contribution < 1.29 is 9.90 Å². The molecule has 4 nitrogen and oxygen atoms in total. The second kappa shape index (κ2) is 6.53. The predicted octanol–water partition coefficient (Wildman–Crippen LogP) is 2.49. The minimum atomic E-state index is -0.562. The molecule has 1 aromatic carbocycles. The molecule has 0 radical (unpaired) electrons. The number of carbonyl (C=O) groups is 1. The highest BCUT2D eigenvalue weighted by Gasteiger charge is 2.33. The van der Waals surface area contributed by atoms with E-state index in [2.05, 4.69) is 24.1 Å².